The Morgan fingerprint density at radius 1 is 1.06 bits per heavy atom. The largest absolute Gasteiger partial charge is 0.482 e. The van der Waals surface area contributed by atoms with E-state index in [1.807, 2.05) is 0 Å². The molecule has 3 aliphatic rings. The first kappa shape index (κ1) is 24.0. The Hall–Kier alpha value is -2.13. The molecular weight excluding hydrogens is 442 g/mol. The lowest BCUT2D eigenvalue weighted by atomic mass is 9.87. The van der Waals surface area contributed by atoms with Crippen molar-refractivity contribution in [2.75, 3.05) is 31.1 Å². The zero-order valence-corrected chi connectivity index (χ0v) is 20.6. The fourth-order valence-electron chi connectivity index (χ4n) is 5.29. The number of benzene rings is 1. The highest BCUT2D eigenvalue weighted by Gasteiger charge is 2.34. The molecule has 0 radical (unpaired) electrons. The Bertz CT molecular complexity index is 993. The lowest BCUT2D eigenvalue weighted by molar-refractivity contribution is -0.125. The molecule has 0 bridgehead atoms. The molecule has 1 aromatic rings. The maximum atomic E-state index is 13.4. The van der Waals surface area contributed by atoms with E-state index < -0.39 is 10.0 Å². The van der Waals surface area contributed by atoms with Crippen molar-refractivity contribution < 1.29 is 22.7 Å². The molecule has 9 heteroatoms. The van der Waals surface area contributed by atoms with Crippen LogP contribution in [-0.2, 0) is 19.6 Å². The lowest BCUT2D eigenvalue weighted by Crippen LogP contribution is -2.48. The van der Waals surface area contributed by atoms with Crippen LogP contribution in [0.15, 0.2) is 23.1 Å². The number of nitrogens with zero attached hydrogens (tertiary/aromatic N) is 2. The van der Waals surface area contributed by atoms with Crippen molar-refractivity contribution >= 4 is 27.5 Å². The van der Waals surface area contributed by atoms with Crippen LogP contribution in [0.2, 0.25) is 0 Å². The highest BCUT2D eigenvalue weighted by Crippen LogP contribution is 2.36. The Balaban J connectivity index is 1.53. The van der Waals surface area contributed by atoms with E-state index in [9.17, 15) is 18.0 Å². The smallest absolute Gasteiger partial charge is 0.265 e. The van der Waals surface area contributed by atoms with Gasteiger partial charge in [-0.25, -0.2) is 8.42 Å². The molecule has 1 saturated carbocycles. The minimum atomic E-state index is -3.72. The van der Waals surface area contributed by atoms with E-state index in [1.165, 1.54) is 21.3 Å². The summed E-state index contributed by atoms with van der Waals surface area (Å²) < 4.78 is 33.8. The number of carbonyl (C=O) groups is 2. The van der Waals surface area contributed by atoms with Gasteiger partial charge in [0.25, 0.3) is 5.91 Å². The number of hydrogen-bond donors (Lipinski definition) is 1. The SMILES string of the molecule is CC1CCC(NC(=O)CN2C(=O)COc3ccc(S(=O)(=O)N4C[C@H](C)C[C@@H](C)C4)cc32)CC1. The molecule has 33 heavy (non-hydrogen) atoms. The zero-order valence-electron chi connectivity index (χ0n) is 19.7. The number of sulfonamides is 1. The average molecular weight is 478 g/mol. The van der Waals surface area contributed by atoms with E-state index in [4.69, 9.17) is 4.74 Å². The lowest BCUT2D eigenvalue weighted by Gasteiger charge is -2.34. The number of carbonyl (C=O) groups excluding carboxylic acids is 2. The van der Waals surface area contributed by atoms with Crippen molar-refractivity contribution in [1.82, 2.24) is 9.62 Å². The van der Waals surface area contributed by atoms with Crippen LogP contribution in [0.5, 0.6) is 5.75 Å². The Morgan fingerprint density at radius 3 is 2.39 bits per heavy atom. The molecule has 0 unspecified atom stereocenters. The summed E-state index contributed by atoms with van der Waals surface area (Å²) in [6, 6.07) is 4.70. The molecule has 8 nitrogen and oxygen atoms in total. The van der Waals surface area contributed by atoms with Gasteiger partial charge < -0.3 is 10.1 Å². The normalized spacial score (nSPS) is 28.7. The van der Waals surface area contributed by atoms with Gasteiger partial charge in [0.15, 0.2) is 6.61 Å². The van der Waals surface area contributed by atoms with Gasteiger partial charge in [0.1, 0.15) is 12.3 Å². The van der Waals surface area contributed by atoms with Crippen molar-refractivity contribution in [2.24, 2.45) is 17.8 Å². The molecule has 2 amide bonds. The van der Waals surface area contributed by atoms with Gasteiger partial charge in [-0.05, 0) is 68.1 Å². The number of rotatable bonds is 5. The molecule has 0 aromatic heterocycles. The monoisotopic (exact) mass is 477 g/mol. The van der Waals surface area contributed by atoms with Crippen LogP contribution in [0.1, 0.15) is 52.9 Å². The number of anilines is 1. The van der Waals surface area contributed by atoms with E-state index in [-0.39, 0.29) is 47.7 Å². The molecule has 2 fully saturated rings. The molecule has 1 aliphatic carbocycles. The third-order valence-electron chi connectivity index (χ3n) is 7.03. The number of amides is 2. The van der Waals surface area contributed by atoms with Crippen molar-refractivity contribution in [3.63, 3.8) is 0 Å². The first-order valence-electron chi connectivity index (χ1n) is 12.0. The van der Waals surface area contributed by atoms with Gasteiger partial charge in [0.2, 0.25) is 15.9 Å². The van der Waals surface area contributed by atoms with Gasteiger partial charge in [-0.3, -0.25) is 14.5 Å². The third kappa shape index (κ3) is 5.35. The second-order valence-electron chi connectivity index (χ2n) is 10.2. The van der Waals surface area contributed by atoms with Gasteiger partial charge in [-0.2, -0.15) is 4.31 Å². The van der Waals surface area contributed by atoms with Crippen LogP contribution in [0.3, 0.4) is 0 Å². The summed E-state index contributed by atoms with van der Waals surface area (Å²) in [5.41, 5.74) is 0.331. The van der Waals surface area contributed by atoms with E-state index in [2.05, 4.69) is 26.1 Å². The van der Waals surface area contributed by atoms with Crippen LogP contribution in [0, 0.1) is 17.8 Å². The number of ether oxygens (including phenoxy) is 1. The first-order valence-corrected chi connectivity index (χ1v) is 13.4. The molecule has 182 valence electrons. The fraction of sp³-hybridized carbons (Fsp3) is 0.667. The second kappa shape index (κ2) is 9.62. The van der Waals surface area contributed by atoms with Gasteiger partial charge in [0, 0.05) is 19.1 Å². The minimum Gasteiger partial charge on any atom is -0.482 e. The van der Waals surface area contributed by atoms with Crippen LogP contribution >= 0.6 is 0 Å². The van der Waals surface area contributed by atoms with Crippen LogP contribution in [-0.4, -0.2) is 56.8 Å². The molecule has 1 aromatic carbocycles. The molecule has 2 aliphatic heterocycles. The highest BCUT2D eigenvalue weighted by atomic mass is 32.2. The number of nitrogens with one attached hydrogen (secondary N) is 1. The Kier molecular flexibility index (Phi) is 7.00. The van der Waals surface area contributed by atoms with Crippen molar-refractivity contribution in [3.8, 4) is 5.75 Å². The molecule has 1 saturated heterocycles. The topological polar surface area (TPSA) is 96.0 Å². The second-order valence-corrected chi connectivity index (χ2v) is 12.1. The molecule has 2 heterocycles. The zero-order chi connectivity index (χ0) is 23.8. The highest BCUT2D eigenvalue weighted by molar-refractivity contribution is 7.89. The quantitative estimate of drug-likeness (QED) is 0.704. The Labute approximate surface area is 196 Å². The summed E-state index contributed by atoms with van der Waals surface area (Å²) in [4.78, 5) is 26.8. The van der Waals surface area contributed by atoms with Crippen molar-refractivity contribution in [2.45, 2.75) is 63.8 Å². The summed E-state index contributed by atoms with van der Waals surface area (Å²) >= 11 is 0. The van der Waals surface area contributed by atoms with E-state index in [0.717, 1.165) is 32.1 Å². The summed E-state index contributed by atoms with van der Waals surface area (Å²) in [6.45, 7) is 6.97. The molecule has 0 spiro atoms. The van der Waals surface area contributed by atoms with Crippen molar-refractivity contribution in [3.05, 3.63) is 18.2 Å². The fourth-order valence-corrected chi connectivity index (χ4v) is 6.99. The average Bonchev–Trinajstić information content (AvgIpc) is 2.76. The Morgan fingerprint density at radius 2 is 1.73 bits per heavy atom. The summed E-state index contributed by atoms with van der Waals surface area (Å²) in [5, 5.41) is 3.04. The number of fused-ring (bicyclic) bond motifs is 1. The summed E-state index contributed by atoms with van der Waals surface area (Å²) in [7, 11) is -3.72. The van der Waals surface area contributed by atoms with Gasteiger partial charge >= 0.3 is 0 Å². The number of hydrogen-bond acceptors (Lipinski definition) is 5. The van der Waals surface area contributed by atoms with Crippen molar-refractivity contribution in [1.29, 1.82) is 0 Å². The van der Waals surface area contributed by atoms with E-state index >= 15 is 0 Å². The van der Waals surface area contributed by atoms with Crippen LogP contribution in [0.25, 0.3) is 0 Å². The maximum absolute atomic E-state index is 13.4. The number of piperidine rings is 1. The predicted molar refractivity (Wildman–Crippen MR) is 126 cm³/mol. The summed E-state index contributed by atoms with van der Waals surface area (Å²) in [5.74, 6) is 1.07. The van der Waals surface area contributed by atoms with Gasteiger partial charge in [-0.1, -0.05) is 20.8 Å². The standard InChI is InChI=1S/C24H35N3O5S/c1-16-4-6-19(7-5-16)25-23(28)14-27-21-11-20(8-9-22(21)32-15-24(27)29)33(30,31)26-12-17(2)10-18(3)13-26/h8-9,11,16-19H,4-7,10,12-15H2,1-3H3,(H,25,28)/t16?,17-,18-,19?/m1/s1. The maximum Gasteiger partial charge on any atom is 0.265 e. The molecular formula is C24H35N3O5S. The summed E-state index contributed by atoms with van der Waals surface area (Å²) in [6.07, 6.45) is 5.05. The molecule has 2 atom stereocenters. The van der Waals surface area contributed by atoms with Gasteiger partial charge in [-0.15, -0.1) is 0 Å². The van der Waals surface area contributed by atoms with E-state index in [1.54, 1.807) is 6.07 Å². The predicted octanol–water partition coefficient (Wildman–Crippen LogP) is 2.77. The van der Waals surface area contributed by atoms with Gasteiger partial charge in [0.05, 0.1) is 10.6 Å². The first-order chi connectivity index (χ1) is 15.6. The van der Waals surface area contributed by atoms with E-state index in [0.29, 0.717) is 30.4 Å². The molecule has 4 rings (SSSR count). The van der Waals surface area contributed by atoms with Crippen LogP contribution < -0.4 is 15.0 Å². The molecule has 1 N–H and O–H groups in total. The third-order valence-corrected chi connectivity index (χ3v) is 8.86. The van der Waals surface area contributed by atoms with Crippen LogP contribution in [0.4, 0.5) is 5.69 Å². The minimum absolute atomic E-state index is 0.118.